The Morgan fingerprint density at radius 1 is 0.829 bits per heavy atom. The van der Waals surface area contributed by atoms with Crippen LogP contribution in [0.2, 0.25) is 0 Å². The van der Waals surface area contributed by atoms with Crippen LogP contribution in [0.4, 0.5) is 5.69 Å². The third-order valence-electron chi connectivity index (χ3n) is 6.78. The van der Waals surface area contributed by atoms with Crippen LogP contribution in [0, 0.1) is 20.8 Å². The van der Waals surface area contributed by atoms with E-state index in [4.69, 9.17) is 0 Å². The second kappa shape index (κ2) is 14.3. The molecule has 0 aliphatic heterocycles. The van der Waals surface area contributed by atoms with E-state index in [0.29, 0.717) is 18.5 Å². The molecule has 7 nitrogen and oxygen atoms in total. The number of amides is 2. The molecule has 0 aliphatic carbocycles. The predicted molar refractivity (Wildman–Crippen MR) is 166 cm³/mol. The summed E-state index contributed by atoms with van der Waals surface area (Å²) in [5.74, 6) is -0.405. The number of aryl methyl sites for hydroxylation is 3. The molecule has 0 bridgehead atoms. The van der Waals surface area contributed by atoms with Gasteiger partial charge in [0.15, 0.2) is 0 Å². The maximum atomic E-state index is 13.9. The van der Waals surface area contributed by atoms with E-state index in [1.165, 1.54) is 10.6 Å². The Bertz CT molecular complexity index is 1420. The Hall–Kier alpha value is -3.65. The van der Waals surface area contributed by atoms with Crippen LogP contribution in [0.5, 0.6) is 0 Å². The van der Waals surface area contributed by atoms with Gasteiger partial charge in [-0.1, -0.05) is 66.2 Å². The summed E-state index contributed by atoms with van der Waals surface area (Å²) >= 11 is 0. The summed E-state index contributed by atoms with van der Waals surface area (Å²) in [5, 5.41) is 3.00. The van der Waals surface area contributed by atoms with Crippen LogP contribution in [0.25, 0.3) is 0 Å². The van der Waals surface area contributed by atoms with Gasteiger partial charge < -0.3 is 10.2 Å². The molecule has 220 valence electrons. The standard InChI is InChI=1S/C33H43N3O4S/c1-24(2)34-33(38)31(22-28-13-8-7-9-14-28)35(23-29-15-10-12-25(3)19-29)32(37)16-11-17-36(41(6,39)40)30-20-26(4)18-27(5)21-30/h7-10,12-15,18-21,24,31H,11,16-17,22-23H2,1-6H3,(H,34,38)/t31-/m0/s1. The van der Waals surface area contributed by atoms with Gasteiger partial charge in [0.1, 0.15) is 6.04 Å². The minimum absolute atomic E-state index is 0.0854. The second-order valence-electron chi connectivity index (χ2n) is 11.2. The predicted octanol–water partition coefficient (Wildman–Crippen LogP) is 5.32. The molecule has 0 saturated carbocycles. The molecule has 0 radical (unpaired) electrons. The maximum absolute atomic E-state index is 13.9. The molecular formula is C33H43N3O4S. The molecule has 3 aromatic carbocycles. The Morgan fingerprint density at radius 2 is 1.46 bits per heavy atom. The molecule has 0 unspecified atom stereocenters. The highest BCUT2D eigenvalue weighted by molar-refractivity contribution is 7.92. The van der Waals surface area contributed by atoms with Crippen molar-refractivity contribution in [3.05, 3.63) is 101 Å². The lowest BCUT2D eigenvalue weighted by molar-refractivity contribution is -0.141. The monoisotopic (exact) mass is 577 g/mol. The van der Waals surface area contributed by atoms with Crippen LogP contribution in [0.15, 0.2) is 72.8 Å². The van der Waals surface area contributed by atoms with Crippen molar-refractivity contribution >= 4 is 27.5 Å². The van der Waals surface area contributed by atoms with Gasteiger partial charge in [0.2, 0.25) is 21.8 Å². The molecule has 1 atom stereocenters. The third kappa shape index (κ3) is 9.74. The summed E-state index contributed by atoms with van der Waals surface area (Å²) in [4.78, 5) is 29.1. The van der Waals surface area contributed by atoms with Crippen LogP contribution in [0.3, 0.4) is 0 Å². The summed E-state index contributed by atoms with van der Waals surface area (Å²) < 4.78 is 26.8. The lowest BCUT2D eigenvalue weighted by Crippen LogP contribution is -2.51. The van der Waals surface area contributed by atoms with Crippen molar-refractivity contribution < 1.29 is 18.0 Å². The number of nitrogens with one attached hydrogen (secondary N) is 1. The van der Waals surface area contributed by atoms with Crippen LogP contribution in [-0.4, -0.2) is 50.0 Å². The average Bonchev–Trinajstić information content (AvgIpc) is 2.87. The van der Waals surface area contributed by atoms with Gasteiger partial charge in [0.05, 0.1) is 11.9 Å². The van der Waals surface area contributed by atoms with Gasteiger partial charge in [0.25, 0.3) is 0 Å². The Kier molecular flexibility index (Phi) is 11.1. The Balaban J connectivity index is 1.89. The van der Waals surface area contributed by atoms with E-state index in [2.05, 4.69) is 5.32 Å². The molecule has 3 rings (SSSR count). The molecule has 41 heavy (non-hydrogen) atoms. The van der Waals surface area contributed by atoms with E-state index >= 15 is 0 Å². The number of benzene rings is 3. The van der Waals surface area contributed by atoms with Crippen LogP contribution >= 0.6 is 0 Å². The molecule has 0 aliphatic rings. The fraction of sp³-hybridized carbons (Fsp3) is 0.394. The lowest BCUT2D eigenvalue weighted by atomic mass is 10.0. The molecule has 1 N–H and O–H groups in total. The molecule has 0 aromatic heterocycles. The number of carbonyl (C=O) groups excluding carboxylic acids is 2. The fourth-order valence-electron chi connectivity index (χ4n) is 5.04. The molecular weight excluding hydrogens is 534 g/mol. The number of hydrogen-bond acceptors (Lipinski definition) is 4. The van der Waals surface area contributed by atoms with Gasteiger partial charge in [-0.05, 0) is 75.4 Å². The molecule has 3 aromatic rings. The SMILES string of the molecule is Cc1cccc(CN(C(=O)CCCN(c2cc(C)cc(C)c2)S(C)(=O)=O)[C@@H](Cc2ccccc2)C(=O)NC(C)C)c1. The Labute approximate surface area is 245 Å². The quantitative estimate of drug-likeness (QED) is 0.298. The van der Waals surface area contributed by atoms with E-state index < -0.39 is 16.1 Å². The van der Waals surface area contributed by atoms with Crippen molar-refractivity contribution in [2.24, 2.45) is 0 Å². The molecule has 2 amide bonds. The summed E-state index contributed by atoms with van der Waals surface area (Å²) in [6, 6.07) is 22.5. The molecule has 0 spiro atoms. The number of hydrogen-bond donors (Lipinski definition) is 1. The first kappa shape index (κ1) is 31.9. The van der Waals surface area contributed by atoms with E-state index in [1.807, 2.05) is 107 Å². The summed E-state index contributed by atoms with van der Waals surface area (Å²) in [6.07, 6.45) is 1.97. The van der Waals surface area contributed by atoms with Crippen LogP contribution < -0.4 is 9.62 Å². The molecule has 0 heterocycles. The summed E-state index contributed by atoms with van der Waals surface area (Å²) in [5.41, 5.74) is 5.48. The largest absolute Gasteiger partial charge is 0.352 e. The lowest BCUT2D eigenvalue weighted by Gasteiger charge is -2.32. The first-order valence-electron chi connectivity index (χ1n) is 14.1. The van der Waals surface area contributed by atoms with Gasteiger partial charge in [-0.2, -0.15) is 0 Å². The smallest absolute Gasteiger partial charge is 0.243 e. The average molecular weight is 578 g/mol. The van der Waals surface area contributed by atoms with Crippen molar-refractivity contribution in [1.29, 1.82) is 0 Å². The van der Waals surface area contributed by atoms with Crippen molar-refractivity contribution in [3.63, 3.8) is 0 Å². The van der Waals surface area contributed by atoms with E-state index in [1.54, 1.807) is 4.90 Å². The van der Waals surface area contributed by atoms with Gasteiger partial charge in [-0.25, -0.2) is 8.42 Å². The zero-order valence-electron chi connectivity index (χ0n) is 25.1. The highest BCUT2D eigenvalue weighted by Gasteiger charge is 2.31. The molecule has 0 fully saturated rings. The number of sulfonamides is 1. The second-order valence-corrected chi connectivity index (χ2v) is 13.1. The highest BCUT2D eigenvalue weighted by atomic mass is 32.2. The number of nitrogens with zero attached hydrogens (tertiary/aromatic N) is 2. The zero-order valence-corrected chi connectivity index (χ0v) is 25.9. The van der Waals surface area contributed by atoms with Crippen molar-refractivity contribution in [2.45, 2.75) is 72.5 Å². The maximum Gasteiger partial charge on any atom is 0.243 e. The van der Waals surface area contributed by atoms with Gasteiger partial charge in [-0.15, -0.1) is 0 Å². The third-order valence-corrected chi connectivity index (χ3v) is 7.98. The van der Waals surface area contributed by atoms with E-state index in [9.17, 15) is 18.0 Å². The fourth-order valence-corrected chi connectivity index (χ4v) is 5.99. The van der Waals surface area contributed by atoms with Crippen LogP contribution in [-0.2, 0) is 32.6 Å². The first-order valence-corrected chi connectivity index (χ1v) is 15.9. The van der Waals surface area contributed by atoms with E-state index in [-0.39, 0.29) is 37.4 Å². The zero-order chi connectivity index (χ0) is 30.2. The molecule has 8 heteroatoms. The highest BCUT2D eigenvalue weighted by Crippen LogP contribution is 2.23. The topological polar surface area (TPSA) is 86.8 Å². The van der Waals surface area contributed by atoms with Crippen molar-refractivity contribution in [2.75, 3.05) is 17.1 Å². The minimum Gasteiger partial charge on any atom is -0.352 e. The minimum atomic E-state index is -3.56. The van der Waals surface area contributed by atoms with E-state index in [0.717, 1.165) is 27.8 Å². The number of anilines is 1. The molecule has 0 saturated heterocycles. The van der Waals surface area contributed by atoms with Gasteiger partial charge >= 0.3 is 0 Å². The number of carbonyl (C=O) groups is 2. The normalized spacial score (nSPS) is 12.2. The summed E-state index contributed by atoms with van der Waals surface area (Å²) in [7, 11) is -3.56. The number of rotatable bonds is 13. The van der Waals surface area contributed by atoms with Crippen LogP contribution in [0.1, 0.15) is 54.5 Å². The summed E-state index contributed by atoms with van der Waals surface area (Å²) in [6.45, 7) is 10.1. The van der Waals surface area contributed by atoms with Gasteiger partial charge in [0, 0.05) is 32.0 Å². The first-order chi connectivity index (χ1) is 19.3. The van der Waals surface area contributed by atoms with Crippen molar-refractivity contribution in [1.82, 2.24) is 10.2 Å². The van der Waals surface area contributed by atoms with Crippen molar-refractivity contribution in [3.8, 4) is 0 Å². The van der Waals surface area contributed by atoms with Gasteiger partial charge in [-0.3, -0.25) is 13.9 Å². The Morgan fingerprint density at radius 3 is 2.05 bits per heavy atom.